The first kappa shape index (κ1) is 14.6. The number of alkyl carbamates (subject to hydrolysis) is 1. The van der Waals surface area contributed by atoms with Crippen molar-refractivity contribution in [1.29, 1.82) is 0 Å². The number of hydrogen-bond donors (Lipinski definition) is 1. The van der Waals surface area contributed by atoms with Crippen molar-refractivity contribution in [2.75, 3.05) is 19.7 Å². The van der Waals surface area contributed by atoms with Gasteiger partial charge in [0.25, 0.3) is 0 Å². The lowest BCUT2D eigenvalue weighted by molar-refractivity contribution is 0.0855. The Kier molecular flexibility index (Phi) is 5.08. The largest absolute Gasteiger partial charge is 0.450 e. The summed E-state index contributed by atoms with van der Waals surface area (Å²) in [4.78, 5) is 14.2. The Morgan fingerprint density at radius 1 is 1.37 bits per heavy atom. The second-order valence-corrected chi connectivity index (χ2v) is 6.10. The molecule has 2 rings (SSSR count). The molecule has 1 aliphatic carbocycles. The first-order valence-corrected chi connectivity index (χ1v) is 7.81. The van der Waals surface area contributed by atoms with Crippen LogP contribution < -0.4 is 5.32 Å². The fraction of sp³-hybridized carbons (Fsp3) is 0.933. The second kappa shape index (κ2) is 6.60. The van der Waals surface area contributed by atoms with Crippen LogP contribution in [0.3, 0.4) is 0 Å². The van der Waals surface area contributed by atoms with Crippen molar-refractivity contribution in [2.45, 2.75) is 58.5 Å². The summed E-state index contributed by atoms with van der Waals surface area (Å²) in [6.07, 6.45) is 4.77. The Morgan fingerprint density at radius 2 is 2.11 bits per heavy atom. The van der Waals surface area contributed by atoms with Gasteiger partial charge in [0.1, 0.15) is 0 Å². The third-order valence-corrected chi connectivity index (χ3v) is 4.62. The molecule has 1 aliphatic heterocycles. The number of piperidine rings is 1. The van der Waals surface area contributed by atoms with E-state index in [0.717, 1.165) is 18.9 Å². The van der Waals surface area contributed by atoms with Crippen molar-refractivity contribution < 1.29 is 9.53 Å². The molecule has 2 aliphatic rings. The lowest BCUT2D eigenvalue weighted by Gasteiger charge is -2.41. The maximum Gasteiger partial charge on any atom is 0.407 e. The Balaban J connectivity index is 1.89. The van der Waals surface area contributed by atoms with Crippen molar-refractivity contribution in [2.24, 2.45) is 11.8 Å². The van der Waals surface area contributed by atoms with Crippen LogP contribution in [0.4, 0.5) is 4.79 Å². The van der Waals surface area contributed by atoms with E-state index in [-0.39, 0.29) is 12.1 Å². The minimum absolute atomic E-state index is 0.249. The van der Waals surface area contributed by atoms with Gasteiger partial charge >= 0.3 is 6.09 Å². The molecule has 3 unspecified atom stereocenters. The molecule has 0 radical (unpaired) electrons. The molecule has 1 saturated heterocycles. The van der Waals surface area contributed by atoms with Gasteiger partial charge in [0, 0.05) is 25.2 Å². The predicted octanol–water partition coefficient (Wildman–Crippen LogP) is 2.63. The van der Waals surface area contributed by atoms with E-state index in [9.17, 15) is 4.79 Å². The minimum atomic E-state index is -0.261. The van der Waals surface area contributed by atoms with E-state index >= 15 is 0 Å². The number of ether oxygens (including phenoxy) is 1. The molecule has 0 aromatic carbocycles. The number of carbonyl (C=O) groups is 1. The van der Waals surface area contributed by atoms with Gasteiger partial charge in [-0.1, -0.05) is 13.3 Å². The van der Waals surface area contributed by atoms with E-state index in [4.69, 9.17) is 4.74 Å². The Hall–Kier alpha value is -0.770. The molecule has 110 valence electrons. The number of nitrogens with one attached hydrogen (secondary N) is 1. The molecule has 3 atom stereocenters. The molecule has 0 aromatic rings. The van der Waals surface area contributed by atoms with Crippen molar-refractivity contribution >= 4 is 6.09 Å². The smallest absolute Gasteiger partial charge is 0.407 e. The average Bonchev–Trinajstić information content (AvgIpc) is 3.22. The Bertz CT molecular complexity index is 305. The lowest BCUT2D eigenvalue weighted by Crippen LogP contribution is -2.53. The SMILES string of the molecule is CCOC(=O)NC1CC(CC)CN(C(C)C2CC2)C1. The van der Waals surface area contributed by atoms with Crippen LogP contribution in [0.1, 0.15) is 46.5 Å². The molecule has 2 fully saturated rings. The van der Waals surface area contributed by atoms with Gasteiger partial charge in [0.2, 0.25) is 0 Å². The summed E-state index contributed by atoms with van der Waals surface area (Å²) in [7, 11) is 0. The molecular weight excluding hydrogens is 240 g/mol. The highest BCUT2D eigenvalue weighted by Gasteiger charge is 2.36. The van der Waals surface area contributed by atoms with Gasteiger partial charge in [-0.3, -0.25) is 4.90 Å². The highest BCUT2D eigenvalue weighted by atomic mass is 16.5. The molecule has 1 saturated carbocycles. The fourth-order valence-electron chi connectivity index (χ4n) is 3.19. The molecule has 0 bridgehead atoms. The predicted molar refractivity (Wildman–Crippen MR) is 76.1 cm³/mol. The number of carbonyl (C=O) groups excluding carboxylic acids is 1. The number of amides is 1. The first-order valence-electron chi connectivity index (χ1n) is 7.81. The first-order chi connectivity index (χ1) is 9.13. The average molecular weight is 268 g/mol. The second-order valence-electron chi connectivity index (χ2n) is 6.10. The number of rotatable bonds is 5. The summed E-state index contributed by atoms with van der Waals surface area (Å²) in [6.45, 7) is 9.05. The minimum Gasteiger partial charge on any atom is -0.450 e. The van der Waals surface area contributed by atoms with Crippen LogP contribution in [0.25, 0.3) is 0 Å². The van der Waals surface area contributed by atoms with E-state index in [0.29, 0.717) is 18.6 Å². The van der Waals surface area contributed by atoms with Crippen LogP contribution >= 0.6 is 0 Å². The van der Waals surface area contributed by atoms with Crippen LogP contribution in [-0.4, -0.2) is 42.8 Å². The third-order valence-electron chi connectivity index (χ3n) is 4.62. The molecule has 1 N–H and O–H groups in total. The molecule has 4 heteroatoms. The Labute approximate surface area is 116 Å². The number of likely N-dealkylation sites (tertiary alicyclic amines) is 1. The van der Waals surface area contributed by atoms with Gasteiger partial charge < -0.3 is 10.1 Å². The van der Waals surface area contributed by atoms with Gasteiger partial charge in [0.15, 0.2) is 0 Å². The van der Waals surface area contributed by atoms with Crippen LogP contribution in [0.15, 0.2) is 0 Å². The van der Waals surface area contributed by atoms with E-state index < -0.39 is 0 Å². The summed E-state index contributed by atoms with van der Waals surface area (Å²) < 4.78 is 5.00. The van der Waals surface area contributed by atoms with Gasteiger partial charge in [-0.25, -0.2) is 4.79 Å². The molecular formula is C15H28N2O2. The summed E-state index contributed by atoms with van der Waals surface area (Å²) in [6, 6.07) is 0.916. The summed E-state index contributed by atoms with van der Waals surface area (Å²) in [5.74, 6) is 1.58. The lowest BCUT2D eigenvalue weighted by atomic mass is 9.90. The molecule has 19 heavy (non-hydrogen) atoms. The summed E-state index contributed by atoms with van der Waals surface area (Å²) in [5.41, 5.74) is 0. The van der Waals surface area contributed by atoms with Crippen LogP contribution in [-0.2, 0) is 4.74 Å². The highest BCUT2D eigenvalue weighted by molar-refractivity contribution is 5.67. The number of nitrogens with zero attached hydrogens (tertiary/aromatic N) is 1. The monoisotopic (exact) mass is 268 g/mol. The van der Waals surface area contributed by atoms with Gasteiger partial charge in [0.05, 0.1) is 6.61 Å². The van der Waals surface area contributed by atoms with Crippen molar-refractivity contribution in [3.8, 4) is 0 Å². The van der Waals surface area contributed by atoms with E-state index in [2.05, 4.69) is 24.1 Å². The molecule has 1 amide bonds. The highest BCUT2D eigenvalue weighted by Crippen LogP contribution is 2.36. The molecule has 0 aromatic heterocycles. The van der Waals surface area contributed by atoms with Crippen LogP contribution in [0.5, 0.6) is 0 Å². The van der Waals surface area contributed by atoms with E-state index in [1.165, 1.54) is 25.8 Å². The zero-order chi connectivity index (χ0) is 13.8. The maximum atomic E-state index is 11.6. The van der Waals surface area contributed by atoms with E-state index in [1.54, 1.807) is 0 Å². The standard InChI is InChI=1S/C15H28N2O2/c1-4-12-8-14(16-15(18)19-5-2)10-17(9-12)11(3)13-6-7-13/h11-14H,4-10H2,1-3H3,(H,16,18). The quantitative estimate of drug-likeness (QED) is 0.833. The topological polar surface area (TPSA) is 41.6 Å². The molecule has 4 nitrogen and oxygen atoms in total. The summed E-state index contributed by atoms with van der Waals surface area (Å²) in [5, 5.41) is 3.03. The van der Waals surface area contributed by atoms with Gasteiger partial charge in [-0.15, -0.1) is 0 Å². The van der Waals surface area contributed by atoms with Crippen LogP contribution in [0.2, 0.25) is 0 Å². The maximum absolute atomic E-state index is 11.6. The van der Waals surface area contributed by atoms with Crippen molar-refractivity contribution in [3.05, 3.63) is 0 Å². The van der Waals surface area contributed by atoms with Gasteiger partial charge in [-0.2, -0.15) is 0 Å². The zero-order valence-corrected chi connectivity index (χ0v) is 12.5. The summed E-state index contributed by atoms with van der Waals surface area (Å²) >= 11 is 0. The molecule has 1 heterocycles. The van der Waals surface area contributed by atoms with Gasteiger partial charge in [-0.05, 0) is 44.9 Å². The number of hydrogen-bond acceptors (Lipinski definition) is 3. The van der Waals surface area contributed by atoms with Crippen molar-refractivity contribution in [3.63, 3.8) is 0 Å². The third kappa shape index (κ3) is 4.10. The zero-order valence-electron chi connectivity index (χ0n) is 12.5. The fourth-order valence-corrected chi connectivity index (χ4v) is 3.19. The van der Waals surface area contributed by atoms with E-state index in [1.807, 2.05) is 6.92 Å². The normalized spacial score (nSPS) is 29.8. The molecule has 0 spiro atoms. The Morgan fingerprint density at radius 3 is 2.68 bits per heavy atom. The van der Waals surface area contributed by atoms with Crippen molar-refractivity contribution in [1.82, 2.24) is 10.2 Å². The van der Waals surface area contributed by atoms with Crippen LogP contribution in [0, 0.1) is 11.8 Å².